The number of H-pyrrole nitrogens is 2. The zero-order valence-electron chi connectivity index (χ0n) is 7.39. The monoisotopic (exact) mass is 222 g/mol. The van der Waals surface area contributed by atoms with Crippen LogP contribution in [0.25, 0.3) is 22.1 Å². The number of aromatic amines is 2. The molecule has 1 unspecified atom stereocenters. The van der Waals surface area contributed by atoms with Crippen molar-refractivity contribution in [1.82, 2.24) is 19.9 Å². The van der Waals surface area contributed by atoms with E-state index in [9.17, 15) is 4.21 Å². The molecular weight excluding hydrogens is 216 g/mol. The lowest BCUT2D eigenvalue weighted by Crippen LogP contribution is -1.89. The normalized spacial score (nSPS) is 13.7. The van der Waals surface area contributed by atoms with Crippen molar-refractivity contribution in [3.8, 4) is 0 Å². The maximum absolute atomic E-state index is 10.8. The number of fused-ring (bicyclic) bond motifs is 2. The van der Waals surface area contributed by atoms with E-state index < -0.39 is 11.1 Å². The number of hydrogen-bond acceptors (Lipinski definition) is 3. The summed E-state index contributed by atoms with van der Waals surface area (Å²) in [5, 5.41) is 0.0534. The average Bonchev–Trinajstić information content (AvgIpc) is 2.77. The fraction of sp³-hybridized carbons (Fsp3) is 0. The first kappa shape index (κ1) is 8.57. The number of imidazole rings is 2. The van der Waals surface area contributed by atoms with E-state index in [2.05, 4.69) is 19.9 Å². The van der Waals surface area contributed by atoms with Crippen LogP contribution < -0.4 is 0 Å². The van der Waals surface area contributed by atoms with Gasteiger partial charge in [-0.25, -0.2) is 14.2 Å². The number of nitrogens with zero attached hydrogens (tertiary/aromatic N) is 2. The van der Waals surface area contributed by atoms with Crippen LogP contribution >= 0.6 is 0 Å². The van der Waals surface area contributed by atoms with Crippen molar-refractivity contribution >= 4 is 33.1 Å². The van der Waals surface area contributed by atoms with Gasteiger partial charge in [-0.05, 0) is 12.1 Å². The van der Waals surface area contributed by atoms with Crippen molar-refractivity contribution < 1.29 is 8.76 Å². The third-order valence-corrected chi connectivity index (χ3v) is 2.69. The molecule has 76 valence electrons. The lowest BCUT2D eigenvalue weighted by molar-refractivity contribution is 0.557. The van der Waals surface area contributed by atoms with Crippen LogP contribution in [0.1, 0.15) is 0 Å². The molecule has 0 aliphatic rings. The standard InChI is InChI=1S/C8H6N4O2S/c13-15(14)8-11-6-1-4-5(10-3-9-4)2-7(6)12-8/h1-3H,(H,9,10)(H,11,12)(H,13,14). The number of nitrogens with one attached hydrogen (secondary N) is 2. The Morgan fingerprint density at radius 1 is 1.27 bits per heavy atom. The molecule has 0 fully saturated rings. The quantitative estimate of drug-likeness (QED) is 0.536. The van der Waals surface area contributed by atoms with Crippen LogP contribution in [0.3, 0.4) is 0 Å². The minimum absolute atomic E-state index is 0.0534. The highest BCUT2D eigenvalue weighted by atomic mass is 32.2. The molecule has 7 heteroatoms. The number of hydrogen-bond donors (Lipinski definition) is 3. The summed E-state index contributed by atoms with van der Waals surface area (Å²) >= 11 is -2.08. The molecule has 3 rings (SSSR count). The zero-order valence-corrected chi connectivity index (χ0v) is 8.21. The first-order valence-corrected chi connectivity index (χ1v) is 5.28. The highest BCUT2D eigenvalue weighted by Crippen LogP contribution is 2.19. The van der Waals surface area contributed by atoms with E-state index in [4.69, 9.17) is 4.55 Å². The Bertz CT molecular complexity index is 623. The molecule has 2 heterocycles. The molecule has 0 saturated heterocycles. The summed E-state index contributed by atoms with van der Waals surface area (Å²) in [6.45, 7) is 0. The van der Waals surface area contributed by atoms with Gasteiger partial charge in [0.25, 0.3) is 0 Å². The van der Waals surface area contributed by atoms with Crippen LogP contribution in [0.5, 0.6) is 0 Å². The van der Waals surface area contributed by atoms with Crippen LogP contribution in [-0.4, -0.2) is 28.7 Å². The van der Waals surface area contributed by atoms with Gasteiger partial charge in [0.2, 0.25) is 16.2 Å². The molecule has 0 bridgehead atoms. The number of rotatable bonds is 1. The van der Waals surface area contributed by atoms with Crippen molar-refractivity contribution in [2.45, 2.75) is 5.16 Å². The topological polar surface area (TPSA) is 94.7 Å². The third-order valence-electron chi connectivity index (χ3n) is 2.17. The second kappa shape index (κ2) is 2.88. The van der Waals surface area contributed by atoms with Gasteiger partial charge >= 0.3 is 0 Å². The average molecular weight is 222 g/mol. The van der Waals surface area contributed by atoms with Gasteiger partial charge in [-0.1, -0.05) is 0 Å². The maximum atomic E-state index is 10.8. The molecule has 0 radical (unpaired) electrons. The van der Waals surface area contributed by atoms with E-state index in [0.717, 1.165) is 11.0 Å². The molecule has 15 heavy (non-hydrogen) atoms. The molecule has 3 N–H and O–H groups in total. The summed E-state index contributed by atoms with van der Waals surface area (Å²) in [6.07, 6.45) is 1.59. The second-order valence-corrected chi connectivity index (χ2v) is 3.97. The SMILES string of the molecule is O=S(O)c1nc2cc3nc[nH]c3cc2[nH]1. The van der Waals surface area contributed by atoms with Gasteiger partial charge in [-0.2, -0.15) is 0 Å². The highest BCUT2D eigenvalue weighted by molar-refractivity contribution is 7.79. The van der Waals surface area contributed by atoms with Crippen molar-refractivity contribution in [2.75, 3.05) is 0 Å². The van der Waals surface area contributed by atoms with Gasteiger partial charge in [0.15, 0.2) is 0 Å². The lowest BCUT2D eigenvalue weighted by Gasteiger charge is -1.87. The molecule has 1 atom stereocenters. The van der Waals surface area contributed by atoms with E-state index in [1.54, 1.807) is 18.5 Å². The molecule has 0 saturated carbocycles. The predicted molar refractivity (Wildman–Crippen MR) is 54.8 cm³/mol. The van der Waals surface area contributed by atoms with Crippen LogP contribution in [0.15, 0.2) is 23.6 Å². The van der Waals surface area contributed by atoms with Gasteiger partial charge < -0.3 is 9.97 Å². The van der Waals surface area contributed by atoms with Crippen molar-refractivity contribution in [3.63, 3.8) is 0 Å². The number of benzene rings is 1. The molecule has 6 nitrogen and oxygen atoms in total. The summed E-state index contributed by atoms with van der Waals surface area (Å²) in [5.74, 6) is 0. The molecule has 0 aliphatic carbocycles. The van der Waals surface area contributed by atoms with Crippen molar-refractivity contribution in [2.24, 2.45) is 0 Å². The fourth-order valence-electron chi connectivity index (χ4n) is 1.50. The Kier molecular flexibility index (Phi) is 1.64. The smallest absolute Gasteiger partial charge is 0.225 e. The Balaban J connectivity index is 2.38. The fourth-order valence-corrected chi connectivity index (χ4v) is 1.87. The minimum Gasteiger partial charge on any atom is -0.345 e. The van der Waals surface area contributed by atoms with E-state index in [1.165, 1.54) is 0 Å². The predicted octanol–water partition coefficient (Wildman–Crippen LogP) is 1.02. The van der Waals surface area contributed by atoms with E-state index in [-0.39, 0.29) is 5.16 Å². The molecule has 3 aromatic rings. The minimum atomic E-state index is -2.08. The van der Waals surface area contributed by atoms with Crippen LogP contribution in [0, 0.1) is 0 Å². The Labute approximate surface area is 86.0 Å². The first-order valence-electron chi connectivity index (χ1n) is 4.18. The summed E-state index contributed by atoms with van der Waals surface area (Å²) in [4.78, 5) is 13.8. The van der Waals surface area contributed by atoms with E-state index in [1.807, 2.05) is 0 Å². The van der Waals surface area contributed by atoms with Crippen LogP contribution in [-0.2, 0) is 11.1 Å². The van der Waals surface area contributed by atoms with Gasteiger partial charge in [-0.15, -0.1) is 0 Å². The van der Waals surface area contributed by atoms with Crippen molar-refractivity contribution in [3.05, 3.63) is 18.5 Å². The second-order valence-electron chi connectivity index (χ2n) is 3.08. The summed E-state index contributed by atoms with van der Waals surface area (Å²) in [6, 6.07) is 3.56. The summed E-state index contributed by atoms with van der Waals surface area (Å²) < 4.78 is 19.7. The van der Waals surface area contributed by atoms with E-state index in [0.29, 0.717) is 11.0 Å². The molecule has 1 aromatic carbocycles. The van der Waals surface area contributed by atoms with Gasteiger partial charge in [0, 0.05) is 0 Å². The first-order chi connectivity index (χ1) is 7.24. The van der Waals surface area contributed by atoms with Gasteiger partial charge in [0.1, 0.15) is 0 Å². The third kappa shape index (κ3) is 1.24. The summed E-state index contributed by atoms with van der Waals surface area (Å²) in [7, 11) is 0. The lowest BCUT2D eigenvalue weighted by atomic mass is 10.3. The van der Waals surface area contributed by atoms with Gasteiger partial charge in [0.05, 0.1) is 28.4 Å². The zero-order chi connectivity index (χ0) is 10.4. The number of aromatic nitrogens is 4. The molecule has 2 aromatic heterocycles. The largest absolute Gasteiger partial charge is 0.345 e. The molecule has 0 amide bonds. The van der Waals surface area contributed by atoms with Crippen molar-refractivity contribution in [1.29, 1.82) is 0 Å². The van der Waals surface area contributed by atoms with E-state index >= 15 is 0 Å². The molecule has 0 spiro atoms. The van der Waals surface area contributed by atoms with Crippen LogP contribution in [0.4, 0.5) is 0 Å². The Morgan fingerprint density at radius 3 is 2.93 bits per heavy atom. The highest BCUT2D eigenvalue weighted by Gasteiger charge is 2.08. The molecular formula is C8H6N4O2S. The summed E-state index contributed by atoms with van der Waals surface area (Å²) in [5.41, 5.74) is 2.99. The van der Waals surface area contributed by atoms with Gasteiger partial charge in [-0.3, -0.25) is 4.55 Å². The Morgan fingerprint density at radius 2 is 2.13 bits per heavy atom. The van der Waals surface area contributed by atoms with Crippen LogP contribution in [0.2, 0.25) is 0 Å². The maximum Gasteiger partial charge on any atom is 0.225 e. The molecule has 0 aliphatic heterocycles. The Hall–Kier alpha value is -1.73.